The van der Waals surface area contributed by atoms with Crippen molar-refractivity contribution in [2.24, 2.45) is 0 Å². The van der Waals surface area contributed by atoms with E-state index >= 15 is 0 Å². The zero-order valence-electron chi connectivity index (χ0n) is 13.9. The van der Waals surface area contributed by atoms with Crippen LogP contribution in [0.2, 0.25) is 0 Å². The summed E-state index contributed by atoms with van der Waals surface area (Å²) in [7, 11) is 0. The molecule has 0 bridgehead atoms. The molecule has 3 rings (SSSR count). The van der Waals surface area contributed by atoms with Gasteiger partial charge in [-0.15, -0.1) is 0 Å². The number of carbonyl (C=O) groups excluding carboxylic acids is 1. The molecule has 1 atom stereocenters. The van der Waals surface area contributed by atoms with Gasteiger partial charge in [0.15, 0.2) is 0 Å². The van der Waals surface area contributed by atoms with Crippen molar-refractivity contribution in [3.8, 4) is 0 Å². The molecule has 1 N–H and O–H groups in total. The zero-order chi connectivity index (χ0) is 16.6. The number of rotatable bonds is 4. The van der Waals surface area contributed by atoms with Crippen LogP contribution in [0.15, 0.2) is 30.7 Å². The van der Waals surface area contributed by atoms with Gasteiger partial charge in [-0.25, -0.2) is 4.98 Å². The van der Waals surface area contributed by atoms with E-state index in [-0.39, 0.29) is 11.9 Å². The Morgan fingerprint density at radius 2 is 2.13 bits per heavy atom. The quantitative estimate of drug-likeness (QED) is 0.939. The molecule has 0 aliphatic carbocycles. The molecule has 2 aromatic heterocycles. The molecule has 2 aromatic rings. The van der Waals surface area contributed by atoms with Crippen LogP contribution in [-0.2, 0) is 10.2 Å². The van der Waals surface area contributed by atoms with Gasteiger partial charge in [0.05, 0.1) is 17.3 Å². The van der Waals surface area contributed by atoms with Gasteiger partial charge in [-0.3, -0.25) is 14.7 Å². The number of carbonyl (C=O) groups is 1. The van der Waals surface area contributed by atoms with Crippen LogP contribution in [0.4, 0.5) is 17.5 Å². The van der Waals surface area contributed by atoms with Crippen molar-refractivity contribution in [3.05, 3.63) is 36.3 Å². The molecule has 0 radical (unpaired) electrons. The van der Waals surface area contributed by atoms with E-state index in [9.17, 15) is 4.79 Å². The average molecular weight is 311 g/mol. The number of amides is 1. The van der Waals surface area contributed by atoms with E-state index in [0.717, 1.165) is 17.7 Å². The standard InChI is InChI=1S/C17H21N5O/c1-5-11(2)22-14-13(17(3,4)15(22)23)10-19-16(21-14)20-12-7-6-8-18-9-12/h6-11H,5H2,1-4H3,(H,19,20,21)/t11-/m0/s1. The first kappa shape index (κ1) is 15.4. The molecule has 0 fully saturated rings. The van der Waals surface area contributed by atoms with Gasteiger partial charge in [0.1, 0.15) is 5.82 Å². The molecule has 0 saturated heterocycles. The maximum absolute atomic E-state index is 12.8. The summed E-state index contributed by atoms with van der Waals surface area (Å²) in [5.74, 6) is 1.25. The molecule has 3 heterocycles. The number of aromatic nitrogens is 3. The number of nitrogens with zero attached hydrogens (tertiary/aromatic N) is 4. The Balaban J connectivity index is 2.01. The molecule has 0 saturated carbocycles. The molecule has 1 aliphatic heterocycles. The molecular formula is C17H21N5O. The summed E-state index contributed by atoms with van der Waals surface area (Å²) in [4.78, 5) is 27.6. The van der Waals surface area contributed by atoms with Gasteiger partial charge in [0.2, 0.25) is 11.9 Å². The lowest BCUT2D eigenvalue weighted by atomic mass is 9.88. The van der Waals surface area contributed by atoms with Gasteiger partial charge in [-0.05, 0) is 39.3 Å². The predicted molar refractivity (Wildman–Crippen MR) is 89.8 cm³/mol. The van der Waals surface area contributed by atoms with E-state index in [0.29, 0.717) is 11.8 Å². The van der Waals surface area contributed by atoms with E-state index in [1.807, 2.05) is 32.9 Å². The van der Waals surface area contributed by atoms with Crippen LogP contribution in [0.1, 0.15) is 39.7 Å². The Bertz CT molecular complexity index is 729. The number of fused-ring (bicyclic) bond motifs is 1. The van der Waals surface area contributed by atoms with Gasteiger partial charge in [0.25, 0.3) is 0 Å². The first-order chi connectivity index (χ1) is 10.9. The number of anilines is 3. The van der Waals surface area contributed by atoms with Crippen molar-refractivity contribution >= 4 is 23.4 Å². The van der Waals surface area contributed by atoms with Crippen molar-refractivity contribution in [3.63, 3.8) is 0 Å². The molecule has 1 aliphatic rings. The fourth-order valence-electron chi connectivity index (χ4n) is 2.73. The summed E-state index contributed by atoms with van der Waals surface area (Å²) in [6.45, 7) is 7.96. The highest BCUT2D eigenvalue weighted by molar-refractivity contribution is 6.07. The van der Waals surface area contributed by atoms with Crippen molar-refractivity contribution in [2.45, 2.75) is 45.6 Å². The van der Waals surface area contributed by atoms with Gasteiger partial charge in [0, 0.05) is 24.0 Å². The maximum atomic E-state index is 12.8. The molecule has 0 aromatic carbocycles. The van der Waals surface area contributed by atoms with Crippen molar-refractivity contribution in [2.75, 3.05) is 10.2 Å². The predicted octanol–water partition coefficient (Wildman–Crippen LogP) is 3.04. The monoisotopic (exact) mass is 311 g/mol. The third kappa shape index (κ3) is 2.54. The van der Waals surface area contributed by atoms with Crippen molar-refractivity contribution in [1.29, 1.82) is 0 Å². The van der Waals surface area contributed by atoms with Crippen LogP contribution < -0.4 is 10.2 Å². The topological polar surface area (TPSA) is 71.0 Å². The smallest absolute Gasteiger partial charge is 0.238 e. The fourth-order valence-corrected chi connectivity index (χ4v) is 2.73. The molecule has 6 heteroatoms. The minimum Gasteiger partial charge on any atom is -0.323 e. The largest absolute Gasteiger partial charge is 0.323 e. The van der Waals surface area contributed by atoms with Crippen molar-refractivity contribution in [1.82, 2.24) is 15.0 Å². The Kier molecular flexibility index (Phi) is 3.75. The van der Waals surface area contributed by atoms with Crippen LogP contribution in [0.25, 0.3) is 0 Å². The summed E-state index contributed by atoms with van der Waals surface area (Å²) < 4.78 is 0. The first-order valence-corrected chi connectivity index (χ1v) is 7.83. The van der Waals surface area contributed by atoms with E-state index in [4.69, 9.17) is 0 Å². The molecular weight excluding hydrogens is 290 g/mol. The third-order valence-electron chi connectivity index (χ3n) is 4.37. The second kappa shape index (κ2) is 5.61. The number of pyridine rings is 1. The summed E-state index contributed by atoms with van der Waals surface area (Å²) in [6, 6.07) is 3.84. The fraction of sp³-hybridized carbons (Fsp3) is 0.412. The molecule has 6 nitrogen and oxygen atoms in total. The minimum atomic E-state index is -0.592. The maximum Gasteiger partial charge on any atom is 0.238 e. The Labute approximate surface area is 136 Å². The second-order valence-corrected chi connectivity index (χ2v) is 6.36. The molecule has 1 amide bonds. The zero-order valence-corrected chi connectivity index (χ0v) is 13.9. The SMILES string of the molecule is CC[C@H](C)N1C(=O)C(C)(C)c2cnc(Nc3cccnc3)nc21. The van der Waals surface area contributed by atoms with Gasteiger partial charge >= 0.3 is 0 Å². The van der Waals surface area contributed by atoms with Crippen LogP contribution >= 0.6 is 0 Å². The van der Waals surface area contributed by atoms with Crippen molar-refractivity contribution < 1.29 is 4.79 Å². The van der Waals surface area contributed by atoms with Crippen LogP contribution in [-0.4, -0.2) is 26.9 Å². The highest BCUT2D eigenvalue weighted by Crippen LogP contribution is 2.41. The van der Waals surface area contributed by atoms with E-state index in [2.05, 4.69) is 27.2 Å². The summed E-state index contributed by atoms with van der Waals surface area (Å²) in [6.07, 6.45) is 6.04. The van der Waals surface area contributed by atoms with Crippen LogP contribution in [0.3, 0.4) is 0 Å². The third-order valence-corrected chi connectivity index (χ3v) is 4.37. The minimum absolute atomic E-state index is 0.0784. The first-order valence-electron chi connectivity index (χ1n) is 7.83. The lowest BCUT2D eigenvalue weighted by Crippen LogP contribution is -2.41. The Hall–Kier alpha value is -2.50. The van der Waals surface area contributed by atoms with E-state index in [1.165, 1.54) is 0 Å². The summed E-state index contributed by atoms with van der Waals surface area (Å²) >= 11 is 0. The average Bonchev–Trinajstić information content (AvgIpc) is 2.74. The molecule has 120 valence electrons. The van der Waals surface area contributed by atoms with E-state index < -0.39 is 5.41 Å². The second-order valence-electron chi connectivity index (χ2n) is 6.36. The Morgan fingerprint density at radius 3 is 2.78 bits per heavy atom. The number of nitrogens with one attached hydrogen (secondary N) is 1. The summed E-state index contributed by atoms with van der Waals surface area (Å²) in [5.41, 5.74) is 1.09. The molecule has 0 spiro atoms. The lowest BCUT2D eigenvalue weighted by Gasteiger charge is -2.25. The van der Waals surface area contributed by atoms with Gasteiger partial charge in [-0.2, -0.15) is 4.98 Å². The highest BCUT2D eigenvalue weighted by atomic mass is 16.2. The molecule has 0 unspecified atom stereocenters. The molecule has 23 heavy (non-hydrogen) atoms. The number of hydrogen-bond acceptors (Lipinski definition) is 5. The van der Waals surface area contributed by atoms with E-state index in [1.54, 1.807) is 23.5 Å². The van der Waals surface area contributed by atoms with Crippen LogP contribution in [0.5, 0.6) is 0 Å². The summed E-state index contributed by atoms with van der Waals surface area (Å²) in [5, 5.41) is 3.13. The Morgan fingerprint density at radius 1 is 1.35 bits per heavy atom. The normalized spacial score (nSPS) is 17.0. The number of hydrogen-bond donors (Lipinski definition) is 1. The lowest BCUT2D eigenvalue weighted by molar-refractivity contribution is -0.122. The highest BCUT2D eigenvalue weighted by Gasteiger charge is 2.46. The van der Waals surface area contributed by atoms with Gasteiger partial charge in [-0.1, -0.05) is 6.92 Å². The van der Waals surface area contributed by atoms with Crippen LogP contribution in [0, 0.1) is 0 Å². The van der Waals surface area contributed by atoms with Gasteiger partial charge < -0.3 is 5.32 Å².